The molecule has 3 aliphatic heterocycles. The van der Waals surface area contributed by atoms with E-state index in [2.05, 4.69) is 9.88 Å². The quantitative estimate of drug-likeness (QED) is 0.337. The largest absolute Gasteiger partial charge is 0.486 e. The lowest BCUT2D eigenvalue weighted by atomic mass is 9.94. The highest BCUT2D eigenvalue weighted by molar-refractivity contribution is 5.99. The molecule has 2 saturated heterocycles. The minimum Gasteiger partial charge on any atom is -0.486 e. The fourth-order valence-electron chi connectivity index (χ4n) is 5.65. The first-order valence-electron chi connectivity index (χ1n) is 15.4. The molecule has 0 unspecified atom stereocenters. The Kier molecular flexibility index (Phi) is 8.07. The zero-order valence-corrected chi connectivity index (χ0v) is 26.8. The number of nitrogens with zero attached hydrogens (tertiary/aromatic N) is 5. The summed E-state index contributed by atoms with van der Waals surface area (Å²) in [5.74, 6) is 1.14. The van der Waals surface area contributed by atoms with Crippen LogP contribution in [0.5, 0.6) is 5.75 Å². The Morgan fingerprint density at radius 1 is 0.822 bits per heavy atom. The van der Waals surface area contributed by atoms with E-state index >= 15 is 0 Å². The molecular weight excluding hydrogens is 574 g/mol. The molecule has 0 bridgehead atoms. The molecular formula is C34H41N5O6. The number of likely N-dealkylation sites (tertiary alicyclic amines) is 1. The number of hydrogen-bond acceptors (Lipinski definition) is 9. The number of morpholine rings is 1. The molecule has 0 N–H and O–H groups in total. The number of aromatic nitrogens is 2. The predicted octanol–water partition coefficient (Wildman–Crippen LogP) is 6.28. The third kappa shape index (κ3) is 6.68. The summed E-state index contributed by atoms with van der Waals surface area (Å²) in [4.78, 5) is 41.2. The van der Waals surface area contributed by atoms with Crippen molar-refractivity contribution in [3.63, 3.8) is 0 Å². The molecule has 2 amide bonds. The number of hydrogen-bond donors (Lipinski definition) is 0. The van der Waals surface area contributed by atoms with E-state index in [-0.39, 0.29) is 18.6 Å². The van der Waals surface area contributed by atoms with Gasteiger partial charge in [-0.15, -0.1) is 0 Å². The molecule has 0 saturated carbocycles. The molecule has 6 rings (SSSR count). The van der Waals surface area contributed by atoms with Crippen LogP contribution in [0.1, 0.15) is 58.7 Å². The lowest BCUT2D eigenvalue weighted by molar-refractivity contribution is 0.00786. The Balaban J connectivity index is 1.33. The van der Waals surface area contributed by atoms with Crippen LogP contribution < -0.4 is 14.5 Å². The number of benzene rings is 1. The molecule has 11 heteroatoms. The monoisotopic (exact) mass is 615 g/mol. The van der Waals surface area contributed by atoms with Gasteiger partial charge in [0.25, 0.3) is 0 Å². The van der Waals surface area contributed by atoms with Crippen molar-refractivity contribution < 1.29 is 28.5 Å². The first kappa shape index (κ1) is 30.6. The topological polar surface area (TPSA) is 107 Å². The summed E-state index contributed by atoms with van der Waals surface area (Å²) in [7, 11) is 0. The second-order valence-corrected chi connectivity index (χ2v) is 13.6. The summed E-state index contributed by atoms with van der Waals surface area (Å²) in [5.41, 5.74) is 3.77. The van der Waals surface area contributed by atoms with Gasteiger partial charge < -0.3 is 28.7 Å². The summed E-state index contributed by atoms with van der Waals surface area (Å²) in [6.07, 6.45) is 2.66. The number of carbonyl (C=O) groups is 2. The molecule has 1 aromatic carbocycles. The Bertz CT molecular complexity index is 1580. The van der Waals surface area contributed by atoms with Crippen LogP contribution in [-0.2, 0) is 20.8 Å². The molecule has 2 aromatic heterocycles. The van der Waals surface area contributed by atoms with Crippen molar-refractivity contribution in [1.82, 2.24) is 14.9 Å². The van der Waals surface area contributed by atoms with E-state index in [0.717, 1.165) is 41.2 Å². The molecule has 238 valence electrons. The van der Waals surface area contributed by atoms with Gasteiger partial charge in [-0.2, -0.15) is 0 Å². The molecule has 0 radical (unpaired) electrons. The van der Waals surface area contributed by atoms with Gasteiger partial charge in [-0.3, -0.25) is 4.98 Å². The second-order valence-electron chi connectivity index (χ2n) is 13.6. The SMILES string of the molecule is CC(C)(C)OC(=O)N1CC(c2cc(-c3ccc4c(c3)N(C(=O)OC(C)(C)C)c3nccc(N5CCOCC5)c3CO4)ccn2)C1. The van der Waals surface area contributed by atoms with Crippen molar-refractivity contribution in [3.05, 3.63) is 60.0 Å². The van der Waals surface area contributed by atoms with Crippen LogP contribution in [-0.4, -0.2) is 77.6 Å². The fourth-order valence-corrected chi connectivity index (χ4v) is 5.65. The van der Waals surface area contributed by atoms with E-state index in [4.69, 9.17) is 23.9 Å². The van der Waals surface area contributed by atoms with Crippen molar-refractivity contribution >= 4 is 29.4 Å². The van der Waals surface area contributed by atoms with Crippen molar-refractivity contribution in [3.8, 4) is 16.9 Å². The lowest BCUT2D eigenvalue weighted by Gasteiger charge is -2.39. The normalized spacial score (nSPS) is 17.0. The third-order valence-corrected chi connectivity index (χ3v) is 7.79. The minimum atomic E-state index is -0.722. The highest BCUT2D eigenvalue weighted by atomic mass is 16.6. The van der Waals surface area contributed by atoms with Crippen LogP contribution in [0.2, 0.25) is 0 Å². The van der Waals surface area contributed by atoms with Crippen molar-refractivity contribution in [1.29, 1.82) is 0 Å². The Morgan fingerprint density at radius 3 is 2.20 bits per heavy atom. The minimum absolute atomic E-state index is 0.106. The van der Waals surface area contributed by atoms with E-state index in [1.807, 2.05) is 77.9 Å². The average molecular weight is 616 g/mol. The molecule has 5 heterocycles. The van der Waals surface area contributed by atoms with Crippen LogP contribution in [0.25, 0.3) is 11.1 Å². The standard InChI is InChI=1S/C34H41N5O6/c1-33(2,3)44-31(40)38-19-24(20-38)26-17-23(9-11-35-26)22-7-8-29-28(18-22)39(32(41)45-34(4,5)6)30-25(21-43-29)27(10-12-36-30)37-13-15-42-16-14-37/h7-12,17-18,24H,13-16,19-21H2,1-6H3. The first-order chi connectivity index (χ1) is 21.4. The van der Waals surface area contributed by atoms with E-state index in [1.54, 1.807) is 17.3 Å². The number of amides is 2. The Labute approximate surface area is 264 Å². The zero-order chi connectivity index (χ0) is 31.9. The van der Waals surface area contributed by atoms with Gasteiger partial charge in [0, 0.05) is 55.9 Å². The number of pyridine rings is 2. The number of rotatable bonds is 3. The zero-order valence-electron chi connectivity index (χ0n) is 26.8. The summed E-state index contributed by atoms with van der Waals surface area (Å²) < 4.78 is 23.4. The highest BCUT2D eigenvalue weighted by Gasteiger charge is 2.36. The summed E-state index contributed by atoms with van der Waals surface area (Å²) in [5, 5.41) is 0. The van der Waals surface area contributed by atoms with Gasteiger partial charge in [0.1, 0.15) is 23.6 Å². The number of ether oxygens (including phenoxy) is 4. The highest BCUT2D eigenvalue weighted by Crippen LogP contribution is 2.44. The Morgan fingerprint density at radius 2 is 1.49 bits per heavy atom. The summed E-state index contributed by atoms with van der Waals surface area (Å²) >= 11 is 0. The molecule has 0 atom stereocenters. The van der Waals surface area contributed by atoms with Gasteiger partial charge in [-0.05, 0) is 83.0 Å². The maximum absolute atomic E-state index is 13.9. The lowest BCUT2D eigenvalue weighted by Crippen LogP contribution is -2.50. The van der Waals surface area contributed by atoms with Crippen molar-refractivity contribution in [2.75, 3.05) is 49.2 Å². The number of carbonyl (C=O) groups excluding carboxylic acids is 2. The van der Waals surface area contributed by atoms with Gasteiger partial charge in [-0.25, -0.2) is 19.5 Å². The maximum Gasteiger partial charge on any atom is 0.420 e. The maximum atomic E-state index is 13.9. The molecule has 45 heavy (non-hydrogen) atoms. The van der Waals surface area contributed by atoms with E-state index < -0.39 is 17.3 Å². The van der Waals surface area contributed by atoms with E-state index in [9.17, 15) is 9.59 Å². The van der Waals surface area contributed by atoms with Gasteiger partial charge in [-0.1, -0.05) is 6.07 Å². The number of anilines is 3. The molecule has 0 aliphatic carbocycles. The van der Waals surface area contributed by atoms with Gasteiger partial charge in [0.2, 0.25) is 0 Å². The van der Waals surface area contributed by atoms with Crippen LogP contribution in [0.3, 0.4) is 0 Å². The van der Waals surface area contributed by atoms with Gasteiger partial charge >= 0.3 is 12.2 Å². The van der Waals surface area contributed by atoms with Crippen LogP contribution >= 0.6 is 0 Å². The second kappa shape index (κ2) is 11.8. The van der Waals surface area contributed by atoms with Gasteiger partial charge in [0.05, 0.1) is 24.5 Å². The predicted molar refractivity (Wildman–Crippen MR) is 170 cm³/mol. The molecule has 3 aliphatic rings. The van der Waals surface area contributed by atoms with E-state index in [1.165, 1.54) is 4.90 Å². The molecule has 0 spiro atoms. The molecule has 3 aromatic rings. The van der Waals surface area contributed by atoms with Crippen molar-refractivity contribution in [2.45, 2.75) is 65.3 Å². The average Bonchev–Trinajstić information content (AvgIpc) is 3.11. The smallest absolute Gasteiger partial charge is 0.420 e. The fraction of sp³-hybridized carbons (Fsp3) is 0.471. The molecule has 2 fully saturated rings. The van der Waals surface area contributed by atoms with E-state index in [0.29, 0.717) is 43.6 Å². The van der Waals surface area contributed by atoms with Crippen LogP contribution in [0.15, 0.2) is 48.8 Å². The molecule has 11 nitrogen and oxygen atoms in total. The summed E-state index contributed by atoms with van der Waals surface area (Å²) in [6.45, 7) is 15.2. The third-order valence-electron chi connectivity index (χ3n) is 7.79. The van der Waals surface area contributed by atoms with Crippen LogP contribution in [0, 0.1) is 0 Å². The first-order valence-corrected chi connectivity index (χ1v) is 15.4. The number of fused-ring (bicyclic) bond motifs is 2. The van der Waals surface area contributed by atoms with Gasteiger partial charge in [0.15, 0.2) is 5.82 Å². The van der Waals surface area contributed by atoms with Crippen LogP contribution in [0.4, 0.5) is 26.8 Å². The summed E-state index contributed by atoms with van der Waals surface area (Å²) in [6, 6.07) is 11.7. The van der Waals surface area contributed by atoms with Crippen molar-refractivity contribution in [2.24, 2.45) is 0 Å². The Hall–Kier alpha value is -4.38.